The van der Waals surface area contributed by atoms with Gasteiger partial charge in [0.05, 0.1) is 6.10 Å². The highest BCUT2D eigenvalue weighted by molar-refractivity contribution is 5.72. The van der Waals surface area contributed by atoms with Crippen LogP contribution in [-0.4, -0.2) is 23.3 Å². The Morgan fingerprint density at radius 3 is 2.50 bits per heavy atom. The fraction of sp³-hybridized carbons (Fsp3) is 0.462. The van der Waals surface area contributed by atoms with E-state index in [1.807, 2.05) is 45.0 Å². The molecule has 0 aliphatic heterocycles. The maximum Gasteiger partial charge on any atom is 0.333 e. The van der Waals surface area contributed by atoms with Crippen LogP contribution in [0.4, 0.5) is 0 Å². The number of hydrogen-bond donors (Lipinski definition) is 1. The van der Waals surface area contributed by atoms with Gasteiger partial charge in [-0.1, -0.05) is 24.3 Å². The van der Waals surface area contributed by atoms with Crippen LogP contribution in [0.15, 0.2) is 24.3 Å². The Hall–Kier alpha value is -1.35. The number of carboxylic acid groups (broad SMARTS) is 1. The van der Waals surface area contributed by atoms with Crippen LogP contribution in [0.2, 0.25) is 0 Å². The second-order valence-electron chi connectivity index (χ2n) is 4.14. The predicted octanol–water partition coefficient (Wildman–Crippen LogP) is 2.42. The Bertz CT molecular complexity index is 358. The third kappa shape index (κ3) is 3.66. The molecule has 0 radical (unpaired) electrons. The van der Waals surface area contributed by atoms with E-state index in [1.165, 1.54) is 0 Å². The highest BCUT2D eigenvalue weighted by Crippen LogP contribution is 2.12. The van der Waals surface area contributed by atoms with Crippen LogP contribution in [0.5, 0.6) is 0 Å². The second kappa shape index (κ2) is 5.66. The largest absolute Gasteiger partial charge is 0.479 e. The molecule has 0 amide bonds. The Morgan fingerprint density at radius 2 is 2.00 bits per heavy atom. The smallest absolute Gasteiger partial charge is 0.333 e. The van der Waals surface area contributed by atoms with Gasteiger partial charge in [0.1, 0.15) is 0 Å². The lowest BCUT2D eigenvalue weighted by Gasteiger charge is -2.17. The highest BCUT2D eigenvalue weighted by atomic mass is 16.5. The first-order chi connectivity index (χ1) is 7.50. The van der Waals surface area contributed by atoms with E-state index in [0.29, 0.717) is 6.42 Å². The van der Waals surface area contributed by atoms with Gasteiger partial charge in [0.25, 0.3) is 0 Å². The van der Waals surface area contributed by atoms with Crippen molar-refractivity contribution < 1.29 is 14.6 Å². The summed E-state index contributed by atoms with van der Waals surface area (Å²) < 4.78 is 5.37. The summed E-state index contributed by atoms with van der Waals surface area (Å²) in [6.07, 6.45) is -0.425. The maximum absolute atomic E-state index is 11.0. The van der Waals surface area contributed by atoms with Crippen molar-refractivity contribution in [2.45, 2.75) is 39.4 Å². The van der Waals surface area contributed by atoms with Crippen LogP contribution in [0.3, 0.4) is 0 Å². The quantitative estimate of drug-likeness (QED) is 0.832. The first-order valence-corrected chi connectivity index (χ1v) is 5.43. The first kappa shape index (κ1) is 12.7. The molecule has 1 unspecified atom stereocenters. The molecule has 1 rings (SSSR count). The van der Waals surface area contributed by atoms with E-state index in [9.17, 15) is 4.79 Å². The minimum Gasteiger partial charge on any atom is -0.479 e. The van der Waals surface area contributed by atoms with Crippen molar-refractivity contribution in [3.05, 3.63) is 35.4 Å². The summed E-state index contributed by atoms with van der Waals surface area (Å²) in [6, 6.07) is 7.77. The molecule has 1 atom stereocenters. The molecule has 0 saturated heterocycles. The molecule has 0 spiro atoms. The van der Waals surface area contributed by atoms with E-state index < -0.39 is 12.1 Å². The van der Waals surface area contributed by atoms with E-state index in [4.69, 9.17) is 9.84 Å². The van der Waals surface area contributed by atoms with Gasteiger partial charge in [0.2, 0.25) is 0 Å². The number of aliphatic carboxylic acids is 1. The number of ether oxygens (including phenoxy) is 1. The van der Waals surface area contributed by atoms with Crippen LogP contribution in [-0.2, 0) is 16.0 Å². The standard InChI is InChI=1S/C13H18O3/c1-9(2)16-12(13(14)15)8-11-7-5-4-6-10(11)3/h4-7,9,12H,8H2,1-3H3,(H,14,15). The van der Waals surface area contributed by atoms with Crippen molar-refractivity contribution in [2.75, 3.05) is 0 Å². The maximum atomic E-state index is 11.0. The molecule has 1 N–H and O–H groups in total. The van der Waals surface area contributed by atoms with Crippen molar-refractivity contribution in [3.63, 3.8) is 0 Å². The number of rotatable bonds is 5. The third-order valence-electron chi connectivity index (χ3n) is 2.38. The summed E-state index contributed by atoms with van der Waals surface area (Å²) in [6.45, 7) is 5.66. The van der Waals surface area contributed by atoms with Crippen molar-refractivity contribution in [1.29, 1.82) is 0 Å². The second-order valence-corrected chi connectivity index (χ2v) is 4.14. The zero-order valence-corrected chi connectivity index (χ0v) is 9.93. The lowest BCUT2D eigenvalue weighted by Crippen LogP contribution is -2.29. The van der Waals surface area contributed by atoms with Crippen LogP contribution in [0.1, 0.15) is 25.0 Å². The molecular formula is C13H18O3. The van der Waals surface area contributed by atoms with Crippen LogP contribution >= 0.6 is 0 Å². The summed E-state index contributed by atoms with van der Waals surface area (Å²) in [7, 11) is 0. The molecule has 0 bridgehead atoms. The summed E-state index contributed by atoms with van der Waals surface area (Å²) in [4.78, 5) is 11.0. The molecule has 0 fully saturated rings. The molecule has 0 saturated carbocycles. The minimum absolute atomic E-state index is 0.0786. The summed E-state index contributed by atoms with van der Waals surface area (Å²) >= 11 is 0. The number of carboxylic acids is 1. The summed E-state index contributed by atoms with van der Waals surface area (Å²) in [5, 5.41) is 9.05. The normalized spacial score (nSPS) is 12.8. The molecule has 3 heteroatoms. The molecule has 0 aromatic heterocycles. The van der Waals surface area contributed by atoms with Crippen molar-refractivity contribution in [2.24, 2.45) is 0 Å². The molecule has 3 nitrogen and oxygen atoms in total. The number of carbonyl (C=O) groups is 1. The van der Waals surface area contributed by atoms with E-state index >= 15 is 0 Å². The lowest BCUT2D eigenvalue weighted by molar-refractivity contribution is -0.153. The minimum atomic E-state index is -0.906. The average Bonchev–Trinajstić information content (AvgIpc) is 2.19. The Balaban J connectivity index is 2.76. The van der Waals surface area contributed by atoms with E-state index in [1.54, 1.807) is 0 Å². The molecular weight excluding hydrogens is 204 g/mol. The molecule has 16 heavy (non-hydrogen) atoms. The lowest BCUT2D eigenvalue weighted by atomic mass is 10.0. The van der Waals surface area contributed by atoms with E-state index in [0.717, 1.165) is 11.1 Å². The van der Waals surface area contributed by atoms with Crippen LogP contribution in [0.25, 0.3) is 0 Å². The highest BCUT2D eigenvalue weighted by Gasteiger charge is 2.20. The van der Waals surface area contributed by atoms with Crippen LogP contribution in [0, 0.1) is 6.92 Å². The third-order valence-corrected chi connectivity index (χ3v) is 2.38. The van der Waals surface area contributed by atoms with Gasteiger partial charge in [-0.2, -0.15) is 0 Å². The topological polar surface area (TPSA) is 46.5 Å². The van der Waals surface area contributed by atoms with Gasteiger partial charge in [0, 0.05) is 6.42 Å². The zero-order valence-electron chi connectivity index (χ0n) is 9.93. The summed E-state index contributed by atoms with van der Waals surface area (Å²) in [5.74, 6) is -0.906. The van der Waals surface area contributed by atoms with Crippen molar-refractivity contribution >= 4 is 5.97 Å². The van der Waals surface area contributed by atoms with E-state index in [2.05, 4.69) is 0 Å². The molecule has 0 heterocycles. The van der Waals surface area contributed by atoms with Crippen molar-refractivity contribution in [1.82, 2.24) is 0 Å². The summed E-state index contributed by atoms with van der Waals surface area (Å²) in [5.41, 5.74) is 2.12. The molecule has 88 valence electrons. The van der Waals surface area contributed by atoms with Gasteiger partial charge in [-0.3, -0.25) is 0 Å². The fourth-order valence-corrected chi connectivity index (χ4v) is 1.56. The number of aryl methyl sites for hydroxylation is 1. The number of benzene rings is 1. The Kier molecular flexibility index (Phi) is 4.50. The number of hydrogen-bond acceptors (Lipinski definition) is 2. The molecule has 1 aromatic rings. The molecule has 0 aliphatic rings. The van der Waals surface area contributed by atoms with Gasteiger partial charge in [-0.25, -0.2) is 4.79 Å². The molecule has 0 aliphatic carbocycles. The fourth-order valence-electron chi connectivity index (χ4n) is 1.56. The van der Waals surface area contributed by atoms with Gasteiger partial charge in [0.15, 0.2) is 6.10 Å². The first-order valence-electron chi connectivity index (χ1n) is 5.43. The zero-order chi connectivity index (χ0) is 12.1. The Morgan fingerprint density at radius 1 is 1.38 bits per heavy atom. The average molecular weight is 222 g/mol. The predicted molar refractivity (Wildman–Crippen MR) is 62.5 cm³/mol. The van der Waals surface area contributed by atoms with Gasteiger partial charge < -0.3 is 9.84 Å². The van der Waals surface area contributed by atoms with Gasteiger partial charge in [-0.05, 0) is 31.9 Å². The molecule has 1 aromatic carbocycles. The Labute approximate surface area is 96.1 Å². The van der Waals surface area contributed by atoms with Crippen LogP contribution < -0.4 is 0 Å². The van der Waals surface area contributed by atoms with Gasteiger partial charge >= 0.3 is 5.97 Å². The van der Waals surface area contributed by atoms with Gasteiger partial charge in [-0.15, -0.1) is 0 Å². The van der Waals surface area contributed by atoms with E-state index in [-0.39, 0.29) is 6.10 Å². The van der Waals surface area contributed by atoms with Crippen molar-refractivity contribution in [3.8, 4) is 0 Å². The SMILES string of the molecule is Cc1ccccc1CC(OC(C)C)C(=O)O. The monoisotopic (exact) mass is 222 g/mol.